The van der Waals surface area contributed by atoms with Crippen LogP contribution in [0.5, 0.6) is 0 Å². The van der Waals surface area contributed by atoms with Gasteiger partial charge < -0.3 is 9.47 Å². The molecule has 1 saturated heterocycles. The third kappa shape index (κ3) is 3.17. The van der Waals surface area contributed by atoms with Gasteiger partial charge in [-0.15, -0.1) is 0 Å². The molecule has 3 heterocycles. The fourth-order valence-electron chi connectivity index (χ4n) is 3.85. The van der Waals surface area contributed by atoms with E-state index in [9.17, 15) is 4.79 Å². The number of esters is 1. The quantitative estimate of drug-likeness (QED) is 0.805. The molecule has 0 radical (unpaired) electrons. The number of carbonyl (C=O) groups is 1. The Bertz CT molecular complexity index is 755. The number of aromatic nitrogens is 1. The summed E-state index contributed by atoms with van der Waals surface area (Å²) in [5.74, 6) is -0.347. The smallest absolute Gasteiger partial charge is 0.305 e. The third-order valence-corrected chi connectivity index (χ3v) is 5.07. The second-order valence-corrected chi connectivity index (χ2v) is 6.75. The van der Waals surface area contributed by atoms with E-state index in [4.69, 9.17) is 9.47 Å². The second kappa shape index (κ2) is 6.58. The average Bonchev–Trinajstić information content (AvgIpc) is 2.91. The van der Waals surface area contributed by atoms with Crippen molar-refractivity contribution in [1.82, 2.24) is 9.88 Å². The van der Waals surface area contributed by atoms with Crippen LogP contribution in [0.3, 0.4) is 0 Å². The molecule has 1 atom stereocenters. The Morgan fingerprint density at radius 2 is 2.00 bits per heavy atom. The summed E-state index contributed by atoms with van der Waals surface area (Å²) in [5, 5.41) is 0. The van der Waals surface area contributed by atoms with Crippen LogP contribution in [0, 0.1) is 0 Å². The number of pyridine rings is 1. The second-order valence-electron chi connectivity index (χ2n) is 6.75. The van der Waals surface area contributed by atoms with Gasteiger partial charge in [-0.3, -0.25) is 14.7 Å². The SMILES string of the molecule is CC(=O)O[C@H]1OC2(CCN(Cc3ccccc3)CC2)c2cccnc21. The Morgan fingerprint density at radius 3 is 2.72 bits per heavy atom. The summed E-state index contributed by atoms with van der Waals surface area (Å²) < 4.78 is 11.6. The largest absolute Gasteiger partial charge is 0.430 e. The molecule has 1 aromatic carbocycles. The molecule has 5 heteroatoms. The molecule has 2 aliphatic heterocycles. The standard InChI is InChI=1S/C20H22N2O3/c1-15(23)24-19-18-17(8-5-11-21-18)20(25-19)9-12-22(13-10-20)14-16-6-3-2-4-7-16/h2-8,11,19H,9-10,12-14H2,1H3/t19-/m0/s1. The highest BCUT2D eigenvalue weighted by Gasteiger charge is 2.48. The van der Waals surface area contributed by atoms with Crippen LogP contribution in [0.25, 0.3) is 0 Å². The van der Waals surface area contributed by atoms with Gasteiger partial charge in [0, 0.05) is 38.3 Å². The summed E-state index contributed by atoms with van der Waals surface area (Å²) >= 11 is 0. The maximum Gasteiger partial charge on any atom is 0.305 e. The van der Waals surface area contributed by atoms with Crippen molar-refractivity contribution in [3.05, 3.63) is 65.5 Å². The number of piperidine rings is 1. The molecule has 5 nitrogen and oxygen atoms in total. The van der Waals surface area contributed by atoms with E-state index in [2.05, 4.69) is 40.2 Å². The lowest BCUT2D eigenvalue weighted by molar-refractivity contribution is -0.214. The molecule has 1 aromatic heterocycles. The van der Waals surface area contributed by atoms with E-state index in [0.717, 1.165) is 43.7 Å². The van der Waals surface area contributed by atoms with Crippen molar-refractivity contribution in [2.45, 2.75) is 38.2 Å². The first-order valence-electron chi connectivity index (χ1n) is 8.73. The Labute approximate surface area is 147 Å². The van der Waals surface area contributed by atoms with Gasteiger partial charge in [0.2, 0.25) is 6.29 Å². The van der Waals surface area contributed by atoms with Crippen molar-refractivity contribution in [1.29, 1.82) is 0 Å². The molecule has 1 spiro atoms. The molecule has 2 aromatic rings. The van der Waals surface area contributed by atoms with Crippen molar-refractivity contribution < 1.29 is 14.3 Å². The summed E-state index contributed by atoms with van der Waals surface area (Å²) in [6, 6.07) is 14.5. The van der Waals surface area contributed by atoms with E-state index in [1.165, 1.54) is 12.5 Å². The predicted octanol–water partition coefficient (Wildman–Crippen LogP) is 3.16. The van der Waals surface area contributed by atoms with Gasteiger partial charge in [-0.05, 0) is 24.5 Å². The van der Waals surface area contributed by atoms with Crippen LogP contribution < -0.4 is 0 Å². The van der Waals surface area contributed by atoms with Crippen LogP contribution in [0.2, 0.25) is 0 Å². The van der Waals surface area contributed by atoms with E-state index < -0.39 is 11.9 Å². The van der Waals surface area contributed by atoms with Gasteiger partial charge in [-0.1, -0.05) is 36.4 Å². The minimum absolute atomic E-state index is 0.347. The predicted molar refractivity (Wildman–Crippen MR) is 92.5 cm³/mol. The molecular formula is C20H22N2O3. The van der Waals surface area contributed by atoms with Crippen LogP contribution in [0.15, 0.2) is 48.7 Å². The minimum atomic E-state index is -0.686. The lowest BCUT2D eigenvalue weighted by Crippen LogP contribution is -2.42. The van der Waals surface area contributed by atoms with E-state index in [0.29, 0.717) is 0 Å². The molecule has 0 aliphatic carbocycles. The molecule has 0 unspecified atom stereocenters. The summed E-state index contributed by atoms with van der Waals surface area (Å²) in [6.07, 6.45) is 2.78. The van der Waals surface area contributed by atoms with Crippen molar-refractivity contribution in [2.75, 3.05) is 13.1 Å². The molecule has 0 amide bonds. The zero-order valence-corrected chi connectivity index (χ0v) is 14.4. The lowest BCUT2D eigenvalue weighted by Gasteiger charge is -2.39. The molecule has 2 aliphatic rings. The highest BCUT2D eigenvalue weighted by Crippen LogP contribution is 2.48. The minimum Gasteiger partial charge on any atom is -0.430 e. The number of nitrogens with zero attached hydrogens (tertiary/aromatic N) is 2. The number of hydrogen-bond donors (Lipinski definition) is 0. The van der Waals surface area contributed by atoms with Gasteiger partial charge in [0.25, 0.3) is 0 Å². The fraction of sp³-hybridized carbons (Fsp3) is 0.400. The summed E-state index contributed by atoms with van der Waals surface area (Å²) in [5.41, 5.74) is 2.75. The normalized spacial score (nSPS) is 21.9. The number of ether oxygens (including phenoxy) is 2. The Balaban J connectivity index is 1.49. The van der Waals surface area contributed by atoms with Gasteiger partial charge >= 0.3 is 5.97 Å². The van der Waals surface area contributed by atoms with Gasteiger partial charge in [0.1, 0.15) is 11.3 Å². The molecule has 0 N–H and O–H groups in total. The van der Waals surface area contributed by atoms with Crippen molar-refractivity contribution in [2.24, 2.45) is 0 Å². The van der Waals surface area contributed by atoms with Gasteiger partial charge in [0.05, 0.1) is 0 Å². The Kier molecular flexibility index (Phi) is 4.27. The molecule has 1 fully saturated rings. The van der Waals surface area contributed by atoms with Gasteiger partial charge in [0.15, 0.2) is 0 Å². The number of fused-ring (bicyclic) bond motifs is 2. The third-order valence-electron chi connectivity index (χ3n) is 5.07. The zero-order chi connectivity index (χ0) is 17.3. The van der Waals surface area contributed by atoms with E-state index >= 15 is 0 Å². The number of likely N-dealkylation sites (tertiary alicyclic amines) is 1. The number of rotatable bonds is 3. The van der Waals surface area contributed by atoms with Crippen LogP contribution in [0.1, 0.15) is 42.9 Å². The Morgan fingerprint density at radius 1 is 1.24 bits per heavy atom. The maximum absolute atomic E-state index is 11.4. The first kappa shape index (κ1) is 16.2. The summed E-state index contributed by atoms with van der Waals surface area (Å²) in [7, 11) is 0. The molecular weight excluding hydrogens is 316 g/mol. The Hall–Kier alpha value is -2.24. The van der Waals surface area contributed by atoms with Gasteiger partial charge in [-0.2, -0.15) is 0 Å². The fourth-order valence-corrected chi connectivity index (χ4v) is 3.85. The molecule has 0 saturated carbocycles. The van der Waals surface area contributed by atoms with E-state index in [1.54, 1.807) is 6.20 Å². The molecule has 0 bridgehead atoms. The van der Waals surface area contributed by atoms with Crippen molar-refractivity contribution >= 4 is 5.97 Å². The van der Waals surface area contributed by atoms with Crippen LogP contribution in [0.4, 0.5) is 0 Å². The first-order chi connectivity index (χ1) is 12.2. The lowest BCUT2D eigenvalue weighted by atomic mass is 9.85. The molecule has 130 valence electrons. The highest BCUT2D eigenvalue weighted by molar-refractivity contribution is 5.66. The van der Waals surface area contributed by atoms with Crippen LogP contribution in [-0.2, 0) is 26.4 Å². The van der Waals surface area contributed by atoms with Crippen molar-refractivity contribution in [3.63, 3.8) is 0 Å². The molecule has 4 rings (SSSR count). The summed E-state index contributed by atoms with van der Waals surface area (Å²) in [4.78, 5) is 18.3. The van der Waals surface area contributed by atoms with Gasteiger partial charge in [-0.25, -0.2) is 0 Å². The van der Waals surface area contributed by atoms with Crippen LogP contribution in [-0.4, -0.2) is 28.9 Å². The van der Waals surface area contributed by atoms with E-state index in [-0.39, 0.29) is 5.97 Å². The topological polar surface area (TPSA) is 51.7 Å². The average molecular weight is 338 g/mol. The van der Waals surface area contributed by atoms with Crippen molar-refractivity contribution in [3.8, 4) is 0 Å². The monoisotopic (exact) mass is 338 g/mol. The molecule has 25 heavy (non-hydrogen) atoms. The summed E-state index contributed by atoms with van der Waals surface area (Å²) in [6.45, 7) is 4.23. The number of benzene rings is 1. The van der Waals surface area contributed by atoms with Crippen LogP contribution >= 0.6 is 0 Å². The zero-order valence-electron chi connectivity index (χ0n) is 14.4. The first-order valence-corrected chi connectivity index (χ1v) is 8.73. The number of hydrogen-bond acceptors (Lipinski definition) is 5. The maximum atomic E-state index is 11.4. The highest BCUT2D eigenvalue weighted by atomic mass is 16.7. The number of carbonyl (C=O) groups excluding carboxylic acids is 1. The van der Waals surface area contributed by atoms with E-state index in [1.807, 2.05) is 12.1 Å².